The molecule has 2 heterocycles. The molecule has 1 unspecified atom stereocenters. The van der Waals surface area contributed by atoms with Crippen LogP contribution in [0.5, 0.6) is 0 Å². The molecule has 3 rings (SSSR count). The van der Waals surface area contributed by atoms with Crippen molar-refractivity contribution in [1.82, 2.24) is 19.6 Å². The molecule has 0 saturated carbocycles. The smallest absolute Gasteiger partial charge is 0.282 e. The summed E-state index contributed by atoms with van der Waals surface area (Å²) >= 11 is 12.3. The molecule has 0 fully saturated rings. The highest BCUT2D eigenvalue weighted by atomic mass is 35.5. The number of anilines is 1. The van der Waals surface area contributed by atoms with E-state index >= 15 is 0 Å². The molecule has 0 radical (unpaired) electrons. The Bertz CT molecular complexity index is 1000. The van der Waals surface area contributed by atoms with Crippen LogP contribution < -0.4 is 5.32 Å². The number of halogens is 4. The molecule has 28 heavy (non-hydrogen) atoms. The molecule has 10 heteroatoms. The predicted molar refractivity (Wildman–Crippen MR) is 103 cm³/mol. The molecule has 0 aliphatic heterocycles. The molecule has 1 amide bonds. The molecule has 0 aliphatic carbocycles. The SMILES string of the molecule is Cc1cc(C(F)F)nn1C(C)C(=O)Nc1nn(Cc2ccccc2Cl)cc1Cl. The minimum atomic E-state index is -2.70. The van der Waals surface area contributed by atoms with Gasteiger partial charge in [-0.1, -0.05) is 41.4 Å². The molecule has 148 valence electrons. The molecule has 0 spiro atoms. The Hall–Kier alpha value is -2.45. The van der Waals surface area contributed by atoms with Gasteiger partial charge in [-0.15, -0.1) is 0 Å². The van der Waals surface area contributed by atoms with Crippen LogP contribution in [0.4, 0.5) is 14.6 Å². The number of benzene rings is 1. The summed E-state index contributed by atoms with van der Waals surface area (Å²) in [7, 11) is 0. The normalized spacial score (nSPS) is 12.4. The van der Waals surface area contributed by atoms with Crippen molar-refractivity contribution in [3.05, 3.63) is 63.5 Å². The van der Waals surface area contributed by atoms with Crippen molar-refractivity contribution in [2.75, 3.05) is 5.32 Å². The quantitative estimate of drug-likeness (QED) is 0.609. The highest BCUT2D eigenvalue weighted by molar-refractivity contribution is 6.33. The third kappa shape index (κ3) is 4.34. The number of aryl methyl sites for hydroxylation is 1. The van der Waals surface area contributed by atoms with Crippen LogP contribution in [0, 0.1) is 6.92 Å². The number of hydrogen-bond acceptors (Lipinski definition) is 3. The van der Waals surface area contributed by atoms with E-state index in [2.05, 4.69) is 15.5 Å². The fourth-order valence-electron chi connectivity index (χ4n) is 2.71. The topological polar surface area (TPSA) is 64.7 Å². The monoisotopic (exact) mass is 427 g/mol. The van der Waals surface area contributed by atoms with Gasteiger partial charge in [0.15, 0.2) is 5.82 Å². The zero-order valence-electron chi connectivity index (χ0n) is 15.0. The lowest BCUT2D eigenvalue weighted by atomic mass is 10.2. The van der Waals surface area contributed by atoms with Gasteiger partial charge in [-0.05, 0) is 31.5 Å². The van der Waals surface area contributed by atoms with Gasteiger partial charge in [-0.2, -0.15) is 10.2 Å². The summed E-state index contributed by atoms with van der Waals surface area (Å²) in [4.78, 5) is 12.5. The van der Waals surface area contributed by atoms with E-state index in [1.54, 1.807) is 30.8 Å². The van der Waals surface area contributed by atoms with E-state index in [1.165, 1.54) is 10.7 Å². The number of carbonyl (C=O) groups is 1. The Kier molecular flexibility index (Phi) is 6.00. The molecule has 2 aromatic heterocycles. The summed E-state index contributed by atoms with van der Waals surface area (Å²) in [6.07, 6.45) is -1.13. The van der Waals surface area contributed by atoms with Crippen LogP contribution in [0.15, 0.2) is 36.5 Å². The first-order valence-electron chi connectivity index (χ1n) is 8.37. The summed E-state index contributed by atoms with van der Waals surface area (Å²) in [5.41, 5.74) is 0.925. The van der Waals surface area contributed by atoms with E-state index in [9.17, 15) is 13.6 Å². The molecule has 6 nitrogen and oxygen atoms in total. The Labute approximate surface area is 170 Å². The highest BCUT2D eigenvalue weighted by Crippen LogP contribution is 2.24. The molecule has 0 bridgehead atoms. The van der Waals surface area contributed by atoms with Crippen LogP contribution >= 0.6 is 23.2 Å². The predicted octanol–water partition coefficient (Wildman–Crippen LogP) is 4.88. The maximum atomic E-state index is 12.8. The highest BCUT2D eigenvalue weighted by Gasteiger charge is 2.23. The van der Waals surface area contributed by atoms with E-state index in [-0.39, 0.29) is 16.5 Å². The van der Waals surface area contributed by atoms with Crippen molar-refractivity contribution in [1.29, 1.82) is 0 Å². The fourth-order valence-corrected chi connectivity index (χ4v) is 3.10. The average Bonchev–Trinajstić information content (AvgIpc) is 3.19. The average molecular weight is 428 g/mol. The molecule has 0 saturated heterocycles. The number of hydrogen-bond donors (Lipinski definition) is 1. The summed E-state index contributed by atoms with van der Waals surface area (Å²) in [5, 5.41) is 11.5. The number of nitrogens with one attached hydrogen (secondary N) is 1. The van der Waals surface area contributed by atoms with Crippen LogP contribution in [0.3, 0.4) is 0 Å². The minimum absolute atomic E-state index is 0.171. The van der Waals surface area contributed by atoms with E-state index in [4.69, 9.17) is 23.2 Å². The lowest BCUT2D eigenvalue weighted by molar-refractivity contribution is -0.119. The minimum Gasteiger partial charge on any atom is -0.306 e. The van der Waals surface area contributed by atoms with Crippen LogP contribution in [0.1, 0.15) is 36.3 Å². The van der Waals surface area contributed by atoms with Gasteiger partial charge >= 0.3 is 0 Å². The van der Waals surface area contributed by atoms with Gasteiger partial charge in [-0.25, -0.2) is 8.78 Å². The van der Waals surface area contributed by atoms with Crippen LogP contribution in [0.25, 0.3) is 0 Å². The van der Waals surface area contributed by atoms with Crippen molar-refractivity contribution in [2.24, 2.45) is 0 Å². The van der Waals surface area contributed by atoms with E-state index in [1.807, 2.05) is 18.2 Å². The number of aromatic nitrogens is 4. The molecule has 1 atom stereocenters. The van der Waals surface area contributed by atoms with Gasteiger partial charge < -0.3 is 5.32 Å². The van der Waals surface area contributed by atoms with Gasteiger partial charge in [-0.3, -0.25) is 14.2 Å². The molecule has 1 aromatic carbocycles. The number of alkyl halides is 2. The number of nitrogens with zero attached hydrogens (tertiary/aromatic N) is 4. The Balaban J connectivity index is 1.74. The standard InChI is InChI=1S/C18H17Cl2F2N5O/c1-10-7-15(16(21)22)24-27(10)11(2)18(28)23-17-14(20)9-26(25-17)8-12-5-3-4-6-13(12)19/h3-7,9,11,16H,8H2,1-2H3,(H,23,25,28). The second kappa shape index (κ2) is 8.28. The molecule has 3 aromatic rings. The first kappa shape index (κ1) is 20.3. The lowest BCUT2D eigenvalue weighted by Gasteiger charge is -2.13. The van der Waals surface area contributed by atoms with Crippen molar-refractivity contribution in [3.8, 4) is 0 Å². The Morgan fingerprint density at radius 3 is 2.57 bits per heavy atom. The number of amides is 1. The fraction of sp³-hybridized carbons (Fsp3) is 0.278. The Morgan fingerprint density at radius 2 is 1.93 bits per heavy atom. The van der Waals surface area contributed by atoms with Crippen LogP contribution in [-0.4, -0.2) is 25.5 Å². The van der Waals surface area contributed by atoms with Gasteiger partial charge in [0.2, 0.25) is 5.91 Å². The summed E-state index contributed by atoms with van der Waals surface area (Å²) in [5.74, 6) is -0.304. The van der Waals surface area contributed by atoms with Crippen LogP contribution in [-0.2, 0) is 11.3 Å². The van der Waals surface area contributed by atoms with Crippen molar-refractivity contribution in [3.63, 3.8) is 0 Å². The molecular formula is C18H17Cl2F2N5O. The molecule has 0 aliphatic rings. The summed E-state index contributed by atoms with van der Waals surface area (Å²) in [6, 6.07) is 7.74. The van der Waals surface area contributed by atoms with E-state index < -0.39 is 18.4 Å². The Morgan fingerprint density at radius 1 is 1.21 bits per heavy atom. The summed E-state index contributed by atoms with van der Waals surface area (Å²) in [6.45, 7) is 3.54. The largest absolute Gasteiger partial charge is 0.306 e. The first-order valence-corrected chi connectivity index (χ1v) is 9.13. The number of carbonyl (C=O) groups excluding carboxylic acids is 1. The van der Waals surface area contributed by atoms with Crippen molar-refractivity contribution < 1.29 is 13.6 Å². The third-order valence-electron chi connectivity index (χ3n) is 4.16. The second-order valence-corrected chi connectivity index (χ2v) is 7.05. The number of rotatable bonds is 6. The zero-order chi connectivity index (χ0) is 20.4. The third-order valence-corrected chi connectivity index (χ3v) is 4.81. The van der Waals surface area contributed by atoms with Crippen molar-refractivity contribution in [2.45, 2.75) is 32.9 Å². The lowest BCUT2D eigenvalue weighted by Crippen LogP contribution is -2.25. The van der Waals surface area contributed by atoms with E-state index in [0.29, 0.717) is 17.3 Å². The maximum absolute atomic E-state index is 12.8. The van der Waals surface area contributed by atoms with Crippen LogP contribution in [0.2, 0.25) is 10.0 Å². The summed E-state index contributed by atoms with van der Waals surface area (Å²) < 4.78 is 28.4. The second-order valence-electron chi connectivity index (χ2n) is 6.24. The molecule has 1 N–H and O–H groups in total. The van der Waals surface area contributed by atoms with Gasteiger partial charge in [0.05, 0.1) is 6.54 Å². The van der Waals surface area contributed by atoms with Gasteiger partial charge in [0, 0.05) is 16.9 Å². The van der Waals surface area contributed by atoms with E-state index in [0.717, 1.165) is 5.56 Å². The zero-order valence-corrected chi connectivity index (χ0v) is 16.5. The molecular weight excluding hydrogens is 411 g/mol. The maximum Gasteiger partial charge on any atom is 0.282 e. The van der Waals surface area contributed by atoms with Gasteiger partial charge in [0.25, 0.3) is 6.43 Å². The van der Waals surface area contributed by atoms with Gasteiger partial charge in [0.1, 0.15) is 16.8 Å². The first-order chi connectivity index (χ1) is 13.3. The van der Waals surface area contributed by atoms with Crippen molar-refractivity contribution >= 4 is 34.9 Å².